The van der Waals surface area contributed by atoms with E-state index in [1.165, 1.54) is 13.0 Å². The van der Waals surface area contributed by atoms with Gasteiger partial charge in [-0.1, -0.05) is 0 Å². The Morgan fingerprint density at radius 2 is 2.04 bits per heavy atom. The SMILES string of the molecule is CC(=O)NC(=O)C1(C)C(N)C2Oc3cc4oc(=O)ccc4cc3C21. The Morgan fingerprint density at radius 1 is 1.29 bits per heavy atom. The number of imide groups is 1. The Hall–Kier alpha value is -2.67. The number of rotatable bonds is 1. The molecule has 2 aromatic rings. The number of ether oxygens (including phenoxy) is 1. The predicted molar refractivity (Wildman–Crippen MR) is 84.5 cm³/mol. The fraction of sp³-hybridized carbons (Fsp3) is 0.353. The summed E-state index contributed by atoms with van der Waals surface area (Å²) < 4.78 is 11.0. The van der Waals surface area contributed by atoms with E-state index < -0.39 is 28.9 Å². The zero-order valence-electron chi connectivity index (χ0n) is 13.2. The Labute approximate surface area is 136 Å². The molecule has 7 heteroatoms. The minimum Gasteiger partial charge on any atom is -0.488 e. The van der Waals surface area contributed by atoms with Gasteiger partial charge in [-0.25, -0.2) is 4.79 Å². The van der Waals surface area contributed by atoms with Crippen LogP contribution in [0.1, 0.15) is 25.3 Å². The Kier molecular flexibility index (Phi) is 2.90. The van der Waals surface area contributed by atoms with Gasteiger partial charge < -0.3 is 14.9 Å². The third-order valence-electron chi connectivity index (χ3n) is 5.15. The molecule has 0 bridgehead atoms. The van der Waals surface area contributed by atoms with Gasteiger partial charge in [0.05, 0.1) is 11.5 Å². The first-order valence-corrected chi connectivity index (χ1v) is 7.64. The molecule has 7 nitrogen and oxygen atoms in total. The smallest absolute Gasteiger partial charge is 0.336 e. The molecule has 4 rings (SSSR count). The van der Waals surface area contributed by atoms with Gasteiger partial charge in [0.2, 0.25) is 11.8 Å². The van der Waals surface area contributed by atoms with E-state index in [1.807, 2.05) is 6.07 Å². The van der Waals surface area contributed by atoms with Crippen molar-refractivity contribution >= 4 is 22.8 Å². The van der Waals surface area contributed by atoms with Crippen molar-refractivity contribution in [3.8, 4) is 5.75 Å². The summed E-state index contributed by atoms with van der Waals surface area (Å²) >= 11 is 0. The number of fused-ring (bicyclic) bond motifs is 4. The van der Waals surface area contributed by atoms with Crippen LogP contribution in [0.3, 0.4) is 0 Å². The van der Waals surface area contributed by atoms with Crippen LogP contribution in [0.15, 0.2) is 33.5 Å². The molecular weight excluding hydrogens is 312 g/mol. The molecule has 1 aromatic heterocycles. The molecule has 0 radical (unpaired) electrons. The maximum Gasteiger partial charge on any atom is 0.336 e. The summed E-state index contributed by atoms with van der Waals surface area (Å²) in [6, 6.07) is 5.98. The summed E-state index contributed by atoms with van der Waals surface area (Å²) in [4.78, 5) is 35.1. The quantitative estimate of drug-likeness (QED) is 0.743. The number of nitrogens with two attached hydrogens (primary N) is 1. The fourth-order valence-corrected chi connectivity index (χ4v) is 3.81. The van der Waals surface area contributed by atoms with Gasteiger partial charge in [-0.3, -0.25) is 14.9 Å². The van der Waals surface area contributed by atoms with Crippen LogP contribution in [0.25, 0.3) is 11.0 Å². The van der Waals surface area contributed by atoms with Crippen LogP contribution in [0, 0.1) is 5.41 Å². The zero-order valence-corrected chi connectivity index (χ0v) is 13.2. The van der Waals surface area contributed by atoms with Gasteiger partial charge in [-0.2, -0.15) is 0 Å². The summed E-state index contributed by atoms with van der Waals surface area (Å²) in [6.07, 6.45) is -0.341. The van der Waals surface area contributed by atoms with Gasteiger partial charge in [0.15, 0.2) is 0 Å². The van der Waals surface area contributed by atoms with Gasteiger partial charge in [0.25, 0.3) is 0 Å². The van der Waals surface area contributed by atoms with Crippen molar-refractivity contribution in [3.05, 3.63) is 40.2 Å². The summed E-state index contributed by atoms with van der Waals surface area (Å²) in [5.41, 5.74) is 6.06. The number of carbonyl (C=O) groups excluding carboxylic acids is 2. The lowest BCUT2D eigenvalue weighted by Gasteiger charge is -2.52. The van der Waals surface area contributed by atoms with Crippen molar-refractivity contribution in [3.63, 3.8) is 0 Å². The van der Waals surface area contributed by atoms with Crippen LogP contribution < -0.4 is 21.4 Å². The maximum absolute atomic E-state index is 12.5. The summed E-state index contributed by atoms with van der Waals surface area (Å²) in [7, 11) is 0. The zero-order chi connectivity index (χ0) is 17.2. The average molecular weight is 328 g/mol. The largest absolute Gasteiger partial charge is 0.488 e. The second-order valence-corrected chi connectivity index (χ2v) is 6.56. The van der Waals surface area contributed by atoms with Crippen LogP contribution in [0.4, 0.5) is 0 Å². The molecule has 124 valence electrons. The highest BCUT2D eigenvalue weighted by Crippen LogP contribution is 2.60. The van der Waals surface area contributed by atoms with Gasteiger partial charge in [0.1, 0.15) is 17.4 Å². The molecule has 1 saturated carbocycles. The summed E-state index contributed by atoms with van der Waals surface area (Å²) in [6.45, 7) is 3.03. The lowest BCUT2D eigenvalue weighted by atomic mass is 9.54. The van der Waals surface area contributed by atoms with E-state index in [2.05, 4.69) is 5.32 Å². The molecule has 1 aliphatic heterocycles. The predicted octanol–water partition coefficient (Wildman–Crippen LogP) is 0.647. The molecule has 1 aliphatic carbocycles. The van der Waals surface area contributed by atoms with Crippen molar-refractivity contribution in [1.29, 1.82) is 0 Å². The summed E-state index contributed by atoms with van der Waals surface area (Å²) in [5.74, 6) is -0.518. The van der Waals surface area contributed by atoms with Crippen LogP contribution in [-0.2, 0) is 9.59 Å². The maximum atomic E-state index is 12.5. The highest BCUT2D eigenvalue weighted by molar-refractivity contribution is 5.99. The molecule has 0 spiro atoms. The first-order chi connectivity index (χ1) is 11.3. The first-order valence-electron chi connectivity index (χ1n) is 7.64. The first kappa shape index (κ1) is 14.9. The molecule has 3 N–H and O–H groups in total. The molecule has 1 aromatic carbocycles. The number of amides is 2. The lowest BCUT2D eigenvalue weighted by molar-refractivity contribution is -0.148. The molecule has 4 atom stereocenters. The highest BCUT2D eigenvalue weighted by atomic mass is 16.5. The third-order valence-corrected chi connectivity index (χ3v) is 5.15. The van der Waals surface area contributed by atoms with E-state index in [1.54, 1.807) is 19.1 Å². The lowest BCUT2D eigenvalue weighted by Crippen LogP contribution is -2.71. The van der Waals surface area contributed by atoms with E-state index >= 15 is 0 Å². The number of carbonyl (C=O) groups is 2. The molecular formula is C17H16N2O5. The molecule has 2 amide bonds. The van der Waals surface area contributed by atoms with E-state index in [9.17, 15) is 14.4 Å². The molecule has 4 unspecified atom stereocenters. The van der Waals surface area contributed by atoms with Crippen molar-refractivity contribution in [2.75, 3.05) is 0 Å². The minimum absolute atomic E-state index is 0.252. The number of nitrogens with one attached hydrogen (secondary N) is 1. The van der Waals surface area contributed by atoms with Gasteiger partial charge >= 0.3 is 5.63 Å². The Morgan fingerprint density at radius 3 is 2.75 bits per heavy atom. The van der Waals surface area contributed by atoms with Crippen molar-refractivity contribution < 1.29 is 18.7 Å². The van der Waals surface area contributed by atoms with Gasteiger partial charge in [-0.05, 0) is 19.1 Å². The molecule has 2 aliphatic rings. The molecule has 0 saturated heterocycles. The Balaban J connectivity index is 1.81. The van der Waals surface area contributed by atoms with Crippen molar-refractivity contribution in [1.82, 2.24) is 5.32 Å². The molecule has 1 fully saturated rings. The van der Waals surface area contributed by atoms with Gasteiger partial charge in [0, 0.05) is 35.9 Å². The molecule has 2 heterocycles. The number of hydrogen-bond donors (Lipinski definition) is 2. The minimum atomic E-state index is -0.940. The van der Waals surface area contributed by atoms with Crippen LogP contribution in [0.2, 0.25) is 0 Å². The number of hydrogen-bond acceptors (Lipinski definition) is 6. The Bertz CT molecular complexity index is 950. The third kappa shape index (κ3) is 1.78. The van der Waals surface area contributed by atoms with E-state index in [0.717, 1.165) is 10.9 Å². The van der Waals surface area contributed by atoms with Crippen LogP contribution >= 0.6 is 0 Å². The highest BCUT2D eigenvalue weighted by Gasteiger charge is 2.67. The fourth-order valence-electron chi connectivity index (χ4n) is 3.81. The van der Waals surface area contributed by atoms with Crippen LogP contribution in [-0.4, -0.2) is 24.0 Å². The standard InChI is InChI=1S/C17H16N2O5/c1-7(20)19-16(22)17(2)13-9-5-8-3-4-12(21)23-10(8)6-11(9)24-14(13)15(17)18/h3-6,13-15H,18H2,1-2H3,(H,19,20,22). The topological polar surface area (TPSA) is 112 Å². The molecule has 24 heavy (non-hydrogen) atoms. The second-order valence-electron chi connectivity index (χ2n) is 6.56. The normalized spacial score (nSPS) is 30.0. The van der Waals surface area contributed by atoms with Crippen molar-refractivity contribution in [2.24, 2.45) is 11.1 Å². The van der Waals surface area contributed by atoms with E-state index in [4.69, 9.17) is 14.9 Å². The van der Waals surface area contributed by atoms with Crippen LogP contribution in [0.5, 0.6) is 5.75 Å². The van der Waals surface area contributed by atoms with E-state index in [0.29, 0.717) is 11.3 Å². The van der Waals surface area contributed by atoms with E-state index in [-0.39, 0.29) is 12.0 Å². The van der Waals surface area contributed by atoms with Gasteiger partial charge in [-0.15, -0.1) is 0 Å². The number of benzene rings is 1. The summed E-state index contributed by atoms with van der Waals surface area (Å²) in [5, 5.41) is 3.07. The van der Waals surface area contributed by atoms with Crippen molar-refractivity contribution in [2.45, 2.75) is 31.9 Å². The average Bonchev–Trinajstić information content (AvgIpc) is 2.86. The monoisotopic (exact) mass is 328 g/mol. The second kappa shape index (κ2) is 4.67.